The fourth-order valence-electron chi connectivity index (χ4n) is 1.27. The molecule has 0 atom stereocenters. The first kappa shape index (κ1) is 18.9. The van der Waals surface area contributed by atoms with Crippen molar-refractivity contribution >= 4 is 28.4 Å². The van der Waals surface area contributed by atoms with Gasteiger partial charge in [0.15, 0.2) is 0 Å². The van der Waals surface area contributed by atoms with E-state index < -0.39 is 21.5 Å². The Kier molecular flexibility index (Phi) is 6.63. The number of nitrogens with two attached hydrogens (primary N) is 1. The van der Waals surface area contributed by atoms with Gasteiger partial charge in [0, 0.05) is 12.1 Å². The van der Waals surface area contributed by atoms with Gasteiger partial charge in [-0.05, 0) is 32.0 Å². The van der Waals surface area contributed by atoms with Crippen LogP contribution in [0.15, 0.2) is 29.2 Å². The fraction of sp³-hybridized carbons (Fsp3) is 0.417. The molecule has 0 heterocycles. The predicted molar refractivity (Wildman–Crippen MR) is 78.5 cm³/mol. The molecule has 1 aromatic rings. The molecule has 0 radical (unpaired) electrons. The van der Waals surface area contributed by atoms with Gasteiger partial charge in [-0.1, -0.05) is 6.07 Å². The second kappa shape index (κ2) is 7.03. The van der Waals surface area contributed by atoms with E-state index in [0.29, 0.717) is 0 Å². The minimum absolute atomic E-state index is 0. The Hall–Kier alpha value is -1.15. The summed E-state index contributed by atoms with van der Waals surface area (Å²) in [6.07, 6.45) is 0. The molecule has 0 bridgehead atoms. The highest BCUT2D eigenvalue weighted by Crippen LogP contribution is 2.12. The molecular weight excluding hydrogens is 304 g/mol. The summed E-state index contributed by atoms with van der Waals surface area (Å²) in [5.41, 5.74) is 5.24. The van der Waals surface area contributed by atoms with Gasteiger partial charge in [0.1, 0.15) is 0 Å². The summed E-state index contributed by atoms with van der Waals surface area (Å²) >= 11 is 0. The Morgan fingerprint density at radius 2 is 2.00 bits per heavy atom. The van der Waals surface area contributed by atoms with Gasteiger partial charge < -0.3 is 10.5 Å². The molecule has 0 amide bonds. The fourth-order valence-corrected chi connectivity index (χ4v) is 2.54. The molecular formula is C12H19ClN2O4S. The Balaban J connectivity index is 0.00000361. The third-order valence-electron chi connectivity index (χ3n) is 2.28. The van der Waals surface area contributed by atoms with Crippen molar-refractivity contribution in [3.63, 3.8) is 0 Å². The molecule has 0 aliphatic carbocycles. The molecule has 3 N–H and O–H groups in total. The van der Waals surface area contributed by atoms with Crippen molar-refractivity contribution in [2.24, 2.45) is 5.73 Å². The molecule has 114 valence electrons. The maximum atomic E-state index is 12.0. The summed E-state index contributed by atoms with van der Waals surface area (Å²) in [5.74, 6) is -0.587. The SMILES string of the molecule is COC(=O)c1cccc(S(=O)(=O)NCC(C)(C)N)c1.Cl. The molecule has 0 saturated carbocycles. The number of hydrogen-bond acceptors (Lipinski definition) is 5. The smallest absolute Gasteiger partial charge is 0.337 e. The molecule has 8 heteroatoms. The second-order valence-corrected chi connectivity index (χ2v) is 6.60. The van der Waals surface area contributed by atoms with Crippen molar-refractivity contribution in [2.75, 3.05) is 13.7 Å². The normalized spacial score (nSPS) is 11.6. The molecule has 1 aromatic carbocycles. The highest BCUT2D eigenvalue weighted by molar-refractivity contribution is 7.89. The highest BCUT2D eigenvalue weighted by atomic mass is 35.5. The Labute approximate surface area is 125 Å². The van der Waals surface area contributed by atoms with E-state index in [-0.39, 0.29) is 29.4 Å². The maximum absolute atomic E-state index is 12.0. The summed E-state index contributed by atoms with van der Waals surface area (Å²) in [4.78, 5) is 11.4. The number of carbonyl (C=O) groups excluding carboxylic acids is 1. The van der Waals surface area contributed by atoms with Crippen LogP contribution in [-0.2, 0) is 14.8 Å². The standard InChI is InChI=1S/C12H18N2O4S.ClH/c1-12(2,13)8-14-19(16,17)10-6-4-5-9(7-10)11(15)18-3;/h4-7,14H,8,13H2,1-3H3;1H. The first-order valence-corrected chi connectivity index (χ1v) is 7.11. The van der Waals surface area contributed by atoms with Crippen LogP contribution in [0.1, 0.15) is 24.2 Å². The molecule has 1 rings (SSSR count). The zero-order valence-electron chi connectivity index (χ0n) is 11.5. The molecule has 0 fully saturated rings. The van der Waals surface area contributed by atoms with Crippen molar-refractivity contribution in [3.05, 3.63) is 29.8 Å². The number of halogens is 1. The number of benzene rings is 1. The van der Waals surface area contributed by atoms with E-state index in [1.54, 1.807) is 13.8 Å². The van der Waals surface area contributed by atoms with E-state index in [9.17, 15) is 13.2 Å². The third kappa shape index (κ3) is 5.46. The molecule has 0 saturated heterocycles. The Morgan fingerprint density at radius 3 is 2.50 bits per heavy atom. The number of rotatable bonds is 5. The van der Waals surface area contributed by atoms with E-state index in [4.69, 9.17) is 5.73 Å². The lowest BCUT2D eigenvalue weighted by molar-refractivity contribution is 0.0600. The highest BCUT2D eigenvalue weighted by Gasteiger charge is 2.19. The van der Waals surface area contributed by atoms with Crippen LogP contribution in [0.2, 0.25) is 0 Å². The second-order valence-electron chi connectivity index (χ2n) is 4.83. The van der Waals surface area contributed by atoms with Crippen molar-refractivity contribution < 1.29 is 17.9 Å². The third-order valence-corrected chi connectivity index (χ3v) is 3.68. The maximum Gasteiger partial charge on any atom is 0.337 e. The number of sulfonamides is 1. The van der Waals surface area contributed by atoms with Crippen molar-refractivity contribution in [1.29, 1.82) is 0 Å². The number of esters is 1. The van der Waals surface area contributed by atoms with Crippen LogP contribution in [0.3, 0.4) is 0 Å². The minimum Gasteiger partial charge on any atom is -0.465 e. The lowest BCUT2D eigenvalue weighted by Gasteiger charge is -2.19. The van der Waals surface area contributed by atoms with Gasteiger partial charge in [-0.2, -0.15) is 0 Å². The number of ether oxygens (including phenoxy) is 1. The van der Waals surface area contributed by atoms with Crippen LogP contribution in [0, 0.1) is 0 Å². The van der Waals surface area contributed by atoms with Crippen LogP contribution in [0.4, 0.5) is 0 Å². The molecule has 0 aliphatic heterocycles. The zero-order chi connectivity index (χ0) is 14.7. The predicted octanol–water partition coefficient (Wildman–Crippen LogP) is 0.911. The lowest BCUT2D eigenvalue weighted by atomic mass is 10.1. The van der Waals surface area contributed by atoms with Crippen LogP contribution in [-0.4, -0.2) is 33.6 Å². The van der Waals surface area contributed by atoms with Gasteiger partial charge in [0.25, 0.3) is 0 Å². The van der Waals surface area contributed by atoms with Gasteiger partial charge >= 0.3 is 5.97 Å². The average Bonchev–Trinajstić information content (AvgIpc) is 2.35. The number of carbonyl (C=O) groups is 1. The van der Waals surface area contributed by atoms with E-state index in [1.165, 1.54) is 31.4 Å². The van der Waals surface area contributed by atoms with Gasteiger partial charge in [-0.15, -0.1) is 12.4 Å². The quantitative estimate of drug-likeness (QED) is 0.785. The monoisotopic (exact) mass is 322 g/mol. The summed E-state index contributed by atoms with van der Waals surface area (Å²) in [7, 11) is -2.46. The van der Waals surface area contributed by atoms with Crippen molar-refractivity contribution in [1.82, 2.24) is 4.72 Å². The number of nitrogens with one attached hydrogen (secondary N) is 1. The van der Waals surface area contributed by atoms with E-state index in [1.807, 2.05) is 0 Å². The van der Waals surface area contributed by atoms with E-state index in [2.05, 4.69) is 9.46 Å². The lowest BCUT2D eigenvalue weighted by Crippen LogP contribution is -2.45. The van der Waals surface area contributed by atoms with Crippen LogP contribution >= 0.6 is 12.4 Å². The minimum atomic E-state index is -3.70. The zero-order valence-corrected chi connectivity index (χ0v) is 13.2. The number of hydrogen-bond donors (Lipinski definition) is 2. The van der Waals surface area contributed by atoms with E-state index >= 15 is 0 Å². The topological polar surface area (TPSA) is 98.5 Å². The van der Waals surface area contributed by atoms with Crippen LogP contribution in [0.5, 0.6) is 0 Å². The molecule has 0 spiro atoms. The molecule has 0 unspecified atom stereocenters. The van der Waals surface area contributed by atoms with Crippen molar-refractivity contribution in [3.8, 4) is 0 Å². The van der Waals surface area contributed by atoms with Gasteiger partial charge in [0.05, 0.1) is 17.6 Å². The summed E-state index contributed by atoms with van der Waals surface area (Å²) < 4.78 is 31.0. The average molecular weight is 323 g/mol. The molecule has 20 heavy (non-hydrogen) atoms. The van der Waals surface area contributed by atoms with Gasteiger partial charge in [-0.3, -0.25) is 0 Å². The van der Waals surface area contributed by atoms with Crippen LogP contribution in [0.25, 0.3) is 0 Å². The first-order chi connectivity index (χ1) is 8.65. The first-order valence-electron chi connectivity index (χ1n) is 5.63. The van der Waals surface area contributed by atoms with E-state index in [0.717, 1.165) is 0 Å². The largest absolute Gasteiger partial charge is 0.465 e. The van der Waals surface area contributed by atoms with Crippen LogP contribution < -0.4 is 10.5 Å². The Bertz CT molecular complexity index is 567. The molecule has 0 aromatic heterocycles. The summed E-state index contributed by atoms with van der Waals surface area (Å²) in [6, 6.07) is 5.63. The molecule has 0 aliphatic rings. The summed E-state index contributed by atoms with van der Waals surface area (Å²) in [6.45, 7) is 3.51. The van der Waals surface area contributed by atoms with Gasteiger partial charge in [-0.25, -0.2) is 17.9 Å². The number of methoxy groups -OCH3 is 1. The molecule has 6 nitrogen and oxygen atoms in total. The van der Waals surface area contributed by atoms with Gasteiger partial charge in [0.2, 0.25) is 10.0 Å². The summed E-state index contributed by atoms with van der Waals surface area (Å²) in [5, 5.41) is 0. The van der Waals surface area contributed by atoms with Crippen molar-refractivity contribution in [2.45, 2.75) is 24.3 Å². The Morgan fingerprint density at radius 1 is 1.40 bits per heavy atom.